The van der Waals surface area contributed by atoms with Crippen LogP contribution in [0.5, 0.6) is 0 Å². The lowest BCUT2D eigenvalue weighted by Gasteiger charge is -1.96. The molecule has 70 valence electrons. The van der Waals surface area contributed by atoms with Gasteiger partial charge in [-0.1, -0.05) is 0 Å². The second kappa shape index (κ2) is 3.62. The Balaban J connectivity index is 2.81. The van der Waals surface area contributed by atoms with Gasteiger partial charge in [-0.05, 0) is 18.2 Å². The summed E-state index contributed by atoms with van der Waals surface area (Å²) in [6.45, 7) is 0.0200. The van der Waals surface area contributed by atoms with Crippen LogP contribution in [0.2, 0.25) is 0 Å². The Kier molecular flexibility index (Phi) is 2.46. The van der Waals surface area contributed by atoms with Crippen LogP contribution < -0.4 is 0 Å². The molecule has 0 spiro atoms. The van der Waals surface area contributed by atoms with Gasteiger partial charge in [-0.25, -0.2) is 0 Å². The van der Waals surface area contributed by atoms with Crippen molar-refractivity contribution in [2.45, 2.75) is 11.5 Å². The topological polar surface area (TPSA) is 44.0 Å². The van der Waals surface area contributed by atoms with E-state index < -0.39 is 0 Å². The first kappa shape index (κ1) is 9.53. The van der Waals surface area contributed by atoms with E-state index in [1.165, 1.54) is 11.3 Å². The van der Waals surface area contributed by atoms with E-state index in [-0.39, 0.29) is 6.61 Å². The second-order valence-corrected chi connectivity index (χ2v) is 4.50. The molecule has 0 atom stereocenters. The first-order chi connectivity index (χ1) is 6.76. The lowest BCUT2D eigenvalue weighted by Crippen LogP contribution is -1.78. The van der Waals surface area contributed by atoms with Crippen LogP contribution in [0.25, 0.3) is 10.1 Å². The SMILES string of the molecule is N#Cc1c(S)ccc2sc(CO)cc12. The first-order valence-electron chi connectivity index (χ1n) is 4.01. The third-order valence-electron chi connectivity index (χ3n) is 2.00. The van der Waals surface area contributed by atoms with Gasteiger partial charge in [0.15, 0.2) is 0 Å². The number of aliphatic hydroxyl groups is 1. The van der Waals surface area contributed by atoms with Gasteiger partial charge in [-0.3, -0.25) is 0 Å². The summed E-state index contributed by atoms with van der Waals surface area (Å²) >= 11 is 5.71. The molecule has 1 heterocycles. The van der Waals surface area contributed by atoms with Crippen molar-refractivity contribution in [2.75, 3.05) is 0 Å². The fourth-order valence-electron chi connectivity index (χ4n) is 1.35. The molecule has 1 N–H and O–H groups in total. The van der Waals surface area contributed by atoms with E-state index >= 15 is 0 Å². The van der Waals surface area contributed by atoms with E-state index in [4.69, 9.17) is 10.4 Å². The normalized spacial score (nSPS) is 10.4. The summed E-state index contributed by atoms with van der Waals surface area (Å²) in [4.78, 5) is 1.55. The highest BCUT2D eigenvalue weighted by molar-refractivity contribution is 7.80. The van der Waals surface area contributed by atoms with Gasteiger partial charge in [-0.15, -0.1) is 24.0 Å². The summed E-state index contributed by atoms with van der Waals surface area (Å²) in [7, 11) is 0. The Morgan fingerprint density at radius 1 is 1.50 bits per heavy atom. The van der Waals surface area contributed by atoms with E-state index in [1.807, 2.05) is 18.2 Å². The first-order valence-corrected chi connectivity index (χ1v) is 5.28. The molecular weight excluding hydrogens is 214 g/mol. The van der Waals surface area contributed by atoms with E-state index in [1.54, 1.807) is 0 Å². The largest absolute Gasteiger partial charge is 0.391 e. The number of benzene rings is 1. The molecule has 0 unspecified atom stereocenters. The molecule has 0 fully saturated rings. The van der Waals surface area contributed by atoms with Crippen molar-refractivity contribution in [3.8, 4) is 6.07 Å². The molecule has 2 rings (SSSR count). The van der Waals surface area contributed by atoms with Crippen LogP contribution in [-0.4, -0.2) is 5.11 Å². The minimum atomic E-state index is 0.0200. The van der Waals surface area contributed by atoms with E-state index in [9.17, 15) is 0 Å². The molecule has 0 radical (unpaired) electrons. The molecule has 0 amide bonds. The number of fused-ring (bicyclic) bond motifs is 1. The maximum absolute atomic E-state index is 8.98. The quantitative estimate of drug-likeness (QED) is 0.727. The van der Waals surface area contributed by atoms with E-state index in [0.717, 1.165) is 15.0 Å². The molecule has 0 aliphatic carbocycles. The minimum Gasteiger partial charge on any atom is -0.391 e. The summed E-state index contributed by atoms with van der Waals surface area (Å²) in [6, 6.07) is 7.70. The monoisotopic (exact) mass is 221 g/mol. The summed E-state index contributed by atoms with van der Waals surface area (Å²) in [5.41, 5.74) is 0.585. The third-order valence-corrected chi connectivity index (χ3v) is 3.46. The van der Waals surface area contributed by atoms with Gasteiger partial charge in [0.1, 0.15) is 6.07 Å². The lowest BCUT2D eigenvalue weighted by molar-refractivity contribution is 0.285. The van der Waals surface area contributed by atoms with Crippen LogP contribution in [0, 0.1) is 11.3 Å². The zero-order valence-corrected chi connectivity index (χ0v) is 8.90. The predicted octanol–water partition coefficient (Wildman–Crippen LogP) is 2.55. The Morgan fingerprint density at radius 2 is 2.29 bits per heavy atom. The summed E-state index contributed by atoms with van der Waals surface area (Å²) in [5.74, 6) is 0. The zero-order chi connectivity index (χ0) is 10.1. The van der Waals surface area contributed by atoms with Crippen LogP contribution >= 0.6 is 24.0 Å². The van der Waals surface area contributed by atoms with Gasteiger partial charge < -0.3 is 5.11 Å². The molecule has 0 saturated carbocycles. The highest BCUT2D eigenvalue weighted by Gasteiger charge is 2.08. The molecule has 2 aromatic rings. The van der Waals surface area contributed by atoms with Gasteiger partial charge in [0.05, 0.1) is 12.2 Å². The smallest absolute Gasteiger partial charge is 0.101 e. The van der Waals surface area contributed by atoms with E-state index in [2.05, 4.69) is 18.7 Å². The van der Waals surface area contributed by atoms with Crippen LogP contribution in [0.3, 0.4) is 0 Å². The number of thiophene rings is 1. The van der Waals surface area contributed by atoms with Gasteiger partial charge >= 0.3 is 0 Å². The molecular formula is C10H7NOS2. The average Bonchev–Trinajstić information content (AvgIpc) is 2.60. The summed E-state index contributed by atoms with van der Waals surface area (Å²) in [6.07, 6.45) is 0. The Labute approximate surface area is 90.8 Å². The van der Waals surface area contributed by atoms with Crippen LogP contribution in [0.4, 0.5) is 0 Å². The molecule has 1 aromatic carbocycles. The number of hydrogen-bond acceptors (Lipinski definition) is 4. The minimum absolute atomic E-state index is 0.0200. The van der Waals surface area contributed by atoms with Gasteiger partial charge in [-0.2, -0.15) is 5.26 Å². The predicted molar refractivity (Wildman–Crippen MR) is 59.7 cm³/mol. The molecule has 0 aliphatic heterocycles. The van der Waals surface area contributed by atoms with Gasteiger partial charge in [0, 0.05) is 19.9 Å². The molecule has 14 heavy (non-hydrogen) atoms. The fourth-order valence-corrected chi connectivity index (χ4v) is 2.52. The van der Waals surface area contributed by atoms with Crippen molar-refractivity contribution in [2.24, 2.45) is 0 Å². The molecule has 2 nitrogen and oxygen atoms in total. The van der Waals surface area contributed by atoms with Crippen molar-refractivity contribution < 1.29 is 5.11 Å². The molecule has 1 aromatic heterocycles. The maximum atomic E-state index is 8.98. The molecule has 0 bridgehead atoms. The zero-order valence-electron chi connectivity index (χ0n) is 7.19. The maximum Gasteiger partial charge on any atom is 0.101 e. The Morgan fingerprint density at radius 3 is 2.93 bits per heavy atom. The highest BCUT2D eigenvalue weighted by Crippen LogP contribution is 2.31. The Bertz CT molecular complexity index is 525. The van der Waals surface area contributed by atoms with Crippen molar-refractivity contribution in [1.29, 1.82) is 5.26 Å². The highest BCUT2D eigenvalue weighted by atomic mass is 32.1. The number of hydrogen-bond donors (Lipinski definition) is 2. The molecule has 0 aliphatic rings. The Hall–Kier alpha value is -1.02. The molecule has 0 saturated heterocycles. The lowest BCUT2D eigenvalue weighted by atomic mass is 10.1. The van der Waals surface area contributed by atoms with Crippen molar-refractivity contribution >= 4 is 34.1 Å². The number of thiol groups is 1. The van der Waals surface area contributed by atoms with Gasteiger partial charge in [0.2, 0.25) is 0 Å². The van der Waals surface area contributed by atoms with Crippen molar-refractivity contribution in [1.82, 2.24) is 0 Å². The fraction of sp³-hybridized carbons (Fsp3) is 0.100. The number of nitrogens with zero attached hydrogens (tertiary/aromatic N) is 1. The standard InChI is InChI=1S/C10H7NOS2/c11-4-8-7-3-6(5-12)14-10(7)2-1-9(8)13/h1-3,12-13H,5H2. The number of aliphatic hydroxyl groups excluding tert-OH is 1. The molecule has 4 heteroatoms. The van der Waals surface area contributed by atoms with Gasteiger partial charge in [0.25, 0.3) is 0 Å². The van der Waals surface area contributed by atoms with E-state index in [0.29, 0.717) is 10.5 Å². The van der Waals surface area contributed by atoms with Crippen LogP contribution in [0.15, 0.2) is 23.1 Å². The average molecular weight is 221 g/mol. The van der Waals surface area contributed by atoms with Crippen molar-refractivity contribution in [3.63, 3.8) is 0 Å². The van der Waals surface area contributed by atoms with Crippen LogP contribution in [-0.2, 0) is 6.61 Å². The summed E-state index contributed by atoms with van der Waals surface area (Å²) in [5, 5.41) is 18.8. The summed E-state index contributed by atoms with van der Waals surface area (Å²) < 4.78 is 1.02. The number of rotatable bonds is 1. The third kappa shape index (κ3) is 1.40. The van der Waals surface area contributed by atoms with Crippen molar-refractivity contribution in [3.05, 3.63) is 28.6 Å². The number of nitriles is 1. The second-order valence-electron chi connectivity index (χ2n) is 2.85. The van der Waals surface area contributed by atoms with Crippen LogP contribution in [0.1, 0.15) is 10.4 Å².